The molecular weight excluding hydrogens is 316 g/mol. The van der Waals surface area contributed by atoms with Crippen LogP contribution in [0.1, 0.15) is 6.42 Å². The molecule has 7 heteroatoms. The van der Waals surface area contributed by atoms with E-state index in [1.807, 2.05) is 0 Å². The highest BCUT2D eigenvalue weighted by Gasteiger charge is 2.18. The minimum Gasteiger partial charge on any atom is -0.330 e. The zero-order chi connectivity index (χ0) is 12.2. The third kappa shape index (κ3) is 3.43. The summed E-state index contributed by atoms with van der Waals surface area (Å²) < 4.78 is 26.5. The number of nitrogens with two attached hydrogens (primary N) is 1. The van der Waals surface area contributed by atoms with Gasteiger partial charge in [-0.15, -0.1) is 0 Å². The van der Waals surface area contributed by atoms with E-state index in [0.29, 0.717) is 29.0 Å². The molecule has 0 heterocycles. The summed E-state index contributed by atoms with van der Waals surface area (Å²) >= 11 is 8.97. The first-order valence-electron chi connectivity index (χ1n) is 4.63. The van der Waals surface area contributed by atoms with Crippen LogP contribution < -0.4 is 10.5 Å². The molecule has 0 fully saturated rings. The summed E-state index contributed by atoms with van der Waals surface area (Å²) in [5.74, 6) is 0. The van der Waals surface area contributed by atoms with E-state index in [2.05, 4.69) is 20.7 Å². The Morgan fingerprint density at radius 1 is 1.44 bits per heavy atom. The Morgan fingerprint density at radius 2 is 2.12 bits per heavy atom. The van der Waals surface area contributed by atoms with Gasteiger partial charge < -0.3 is 5.73 Å². The first kappa shape index (κ1) is 13.9. The Kier molecular flexibility index (Phi) is 5.20. The van der Waals surface area contributed by atoms with Gasteiger partial charge in [0.15, 0.2) is 0 Å². The predicted molar refractivity (Wildman–Crippen MR) is 68.0 cm³/mol. The van der Waals surface area contributed by atoms with Crippen molar-refractivity contribution in [3.05, 3.63) is 27.7 Å². The quantitative estimate of drug-likeness (QED) is 0.809. The van der Waals surface area contributed by atoms with E-state index in [4.69, 9.17) is 17.3 Å². The van der Waals surface area contributed by atoms with Crippen molar-refractivity contribution < 1.29 is 8.42 Å². The van der Waals surface area contributed by atoms with Gasteiger partial charge in [0.2, 0.25) is 10.0 Å². The van der Waals surface area contributed by atoms with Crippen molar-refractivity contribution in [3.8, 4) is 0 Å². The smallest absolute Gasteiger partial charge is 0.241 e. The Labute approximate surface area is 108 Å². The van der Waals surface area contributed by atoms with Gasteiger partial charge in [-0.1, -0.05) is 17.7 Å². The van der Waals surface area contributed by atoms with Crippen molar-refractivity contribution >= 4 is 37.6 Å². The zero-order valence-corrected chi connectivity index (χ0v) is 11.6. The molecule has 0 aliphatic heterocycles. The van der Waals surface area contributed by atoms with Crippen molar-refractivity contribution in [3.63, 3.8) is 0 Å². The van der Waals surface area contributed by atoms with Crippen LogP contribution in [0.25, 0.3) is 0 Å². The molecule has 0 aromatic heterocycles. The van der Waals surface area contributed by atoms with Gasteiger partial charge >= 0.3 is 0 Å². The average Bonchev–Trinajstić information content (AvgIpc) is 2.22. The highest BCUT2D eigenvalue weighted by molar-refractivity contribution is 9.10. The van der Waals surface area contributed by atoms with Gasteiger partial charge in [-0.05, 0) is 41.0 Å². The summed E-state index contributed by atoms with van der Waals surface area (Å²) in [6.07, 6.45) is 0.595. The summed E-state index contributed by atoms with van der Waals surface area (Å²) in [6, 6.07) is 4.69. The maximum absolute atomic E-state index is 11.8. The summed E-state index contributed by atoms with van der Waals surface area (Å²) in [5.41, 5.74) is 5.29. The van der Waals surface area contributed by atoms with E-state index in [1.54, 1.807) is 12.1 Å². The van der Waals surface area contributed by atoms with E-state index in [9.17, 15) is 8.42 Å². The van der Waals surface area contributed by atoms with Gasteiger partial charge in [0, 0.05) is 6.54 Å². The minimum atomic E-state index is -3.52. The predicted octanol–water partition coefficient (Wildman–Crippen LogP) is 1.73. The molecule has 0 aliphatic carbocycles. The van der Waals surface area contributed by atoms with Crippen LogP contribution in [-0.2, 0) is 10.0 Å². The first-order chi connectivity index (χ1) is 7.49. The minimum absolute atomic E-state index is 0.136. The number of halogens is 2. The second kappa shape index (κ2) is 5.97. The summed E-state index contributed by atoms with van der Waals surface area (Å²) in [4.78, 5) is 0.136. The van der Waals surface area contributed by atoms with Crippen LogP contribution in [0.15, 0.2) is 27.6 Å². The fourth-order valence-electron chi connectivity index (χ4n) is 1.08. The van der Waals surface area contributed by atoms with Crippen LogP contribution in [0, 0.1) is 0 Å². The molecule has 90 valence electrons. The van der Waals surface area contributed by atoms with Crippen molar-refractivity contribution in [1.29, 1.82) is 0 Å². The fourth-order valence-corrected chi connectivity index (χ4v) is 3.38. The third-order valence-electron chi connectivity index (χ3n) is 1.88. The molecule has 0 saturated heterocycles. The van der Waals surface area contributed by atoms with Crippen LogP contribution in [0.4, 0.5) is 0 Å². The molecule has 0 radical (unpaired) electrons. The van der Waals surface area contributed by atoms with E-state index >= 15 is 0 Å². The summed E-state index contributed by atoms with van der Waals surface area (Å²) in [6.45, 7) is 0.761. The maximum Gasteiger partial charge on any atom is 0.241 e. The van der Waals surface area contributed by atoms with Crippen molar-refractivity contribution in [2.45, 2.75) is 11.3 Å². The Balaban J connectivity index is 2.94. The molecule has 4 nitrogen and oxygen atoms in total. The van der Waals surface area contributed by atoms with E-state index < -0.39 is 10.0 Å². The Hall–Kier alpha value is -0.140. The Morgan fingerprint density at radius 3 is 2.75 bits per heavy atom. The lowest BCUT2D eigenvalue weighted by atomic mass is 10.4. The van der Waals surface area contributed by atoms with Gasteiger partial charge in [0.25, 0.3) is 0 Å². The molecule has 0 atom stereocenters. The number of nitrogens with one attached hydrogen (secondary N) is 1. The highest BCUT2D eigenvalue weighted by atomic mass is 79.9. The molecule has 3 N–H and O–H groups in total. The van der Waals surface area contributed by atoms with Crippen LogP contribution >= 0.6 is 27.5 Å². The van der Waals surface area contributed by atoms with Crippen molar-refractivity contribution in [2.24, 2.45) is 5.73 Å². The number of rotatable bonds is 5. The molecule has 0 bridgehead atoms. The largest absolute Gasteiger partial charge is 0.330 e. The monoisotopic (exact) mass is 326 g/mol. The lowest BCUT2D eigenvalue weighted by Crippen LogP contribution is -2.26. The summed E-state index contributed by atoms with van der Waals surface area (Å²) in [5, 5.41) is 0.363. The number of sulfonamides is 1. The molecule has 0 amide bonds. The Bertz CT molecular complexity index is 465. The molecule has 1 aromatic carbocycles. The lowest BCUT2D eigenvalue weighted by molar-refractivity contribution is 0.579. The topological polar surface area (TPSA) is 72.2 Å². The zero-order valence-electron chi connectivity index (χ0n) is 8.41. The van der Waals surface area contributed by atoms with Crippen molar-refractivity contribution in [1.82, 2.24) is 4.72 Å². The lowest BCUT2D eigenvalue weighted by Gasteiger charge is -2.08. The second-order valence-corrected chi connectivity index (χ2v) is 6.03. The number of hydrogen-bond donors (Lipinski definition) is 2. The third-order valence-corrected chi connectivity index (χ3v) is 5.04. The summed E-state index contributed by atoms with van der Waals surface area (Å²) in [7, 11) is -3.52. The highest BCUT2D eigenvalue weighted by Crippen LogP contribution is 2.29. The van der Waals surface area contributed by atoms with E-state index in [0.717, 1.165) is 0 Å². The molecule has 0 saturated carbocycles. The standard InChI is InChI=1S/C9H12BrClN2O2S/c10-9-7(11)3-1-4-8(9)16(14,15)13-6-2-5-12/h1,3-4,13H,2,5-6,12H2. The van der Waals surface area contributed by atoms with Crippen LogP contribution in [0.2, 0.25) is 5.02 Å². The molecule has 0 spiro atoms. The molecule has 0 aliphatic rings. The van der Waals surface area contributed by atoms with Gasteiger partial charge in [-0.3, -0.25) is 0 Å². The van der Waals surface area contributed by atoms with Gasteiger partial charge in [0.1, 0.15) is 0 Å². The van der Waals surface area contributed by atoms with Crippen molar-refractivity contribution in [2.75, 3.05) is 13.1 Å². The first-order valence-corrected chi connectivity index (χ1v) is 7.28. The normalized spacial score (nSPS) is 11.7. The molecule has 0 unspecified atom stereocenters. The number of hydrogen-bond acceptors (Lipinski definition) is 3. The van der Waals surface area contributed by atoms with Crippen LogP contribution in [0.5, 0.6) is 0 Å². The van der Waals surface area contributed by atoms with Gasteiger partial charge in [-0.2, -0.15) is 0 Å². The maximum atomic E-state index is 11.8. The van der Waals surface area contributed by atoms with Crippen LogP contribution in [-0.4, -0.2) is 21.5 Å². The molecular formula is C9H12BrClN2O2S. The van der Waals surface area contributed by atoms with E-state index in [-0.39, 0.29) is 4.90 Å². The number of benzene rings is 1. The SMILES string of the molecule is NCCCNS(=O)(=O)c1cccc(Cl)c1Br. The van der Waals surface area contributed by atoms with E-state index in [1.165, 1.54) is 6.07 Å². The van der Waals surface area contributed by atoms with Crippen LogP contribution in [0.3, 0.4) is 0 Å². The van der Waals surface area contributed by atoms with Gasteiger partial charge in [0.05, 0.1) is 14.4 Å². The average molecular weight is 328 g/mol. The molecule has 16 heavy (non-hydrogen) atoms. The molecule has 1 rings (SSSR count). The molecule has 1 aromatic rings. The second-order valence-electron chi connectivity index (χ2n) is 3.09. The van der Waals surface area contributed by atoms with Gasteiger partial charge in [-0.25, -0.2) is 13.1 Å². The fraction of sp³-hybridized carbons (Fsp3) is 0.333.